The van der Waals surface area contributed by atoms with E-state index in [1.54, 1.807) is 0 Å². The molecular formula is C6H20N2Na4. The fourth-order valence-corrected chi connectivity index (χ4v) is 0.642. The minimum Gasteiger partial charge on any atom is -1.00 e. The Morgan fingerprint density at radius 2 is 0.833 bits per heavy atom. The SMILES string of the molecule is NCCCCCCN.[H-].[H-].[H-].[H-].[Na+].[Na+].[Na+].[Na+]. The van der Waals surface area contributed by atoms with E-state index in [-0.39, 0.29) is 124 Å². The Labute approximate surface area is 171 Å². The smallest absolute Gasteiger partial charge is 1.00 e. The van der Waals surface area contributed by atoms with E-state index in [1.807, 2.05) is 0 Å². The molecule has 0 aromatic heterocycles. The fraction of sp³-hybridized carbons (Fsp3) is 1.00. The summed E-state index contributed by atoms with van der Waals surface area (Å²) in [4.78, 5) is 0. The first-order valence-corrected chi connectivity index (χ1v) is 3.32. The van der Waals surface area contributed by atoms with Gasteiger partial charge in [0.15, 0.2) is 0 Å². The summed E-state index contributed by atoms with van der Waals surface area (Å²) in [7, 11) is 0. The molecule has 0 fully saturated rings. The largest absolute Gasteiger partial charge is 1.00 e. The molecule has 0 radical (unpaired) electrons. The van der Waals surface area contributed by atoms with Crippen LogP contribution in [0.2, 0.25) is 0 Å². The number of rotatable bonds is 5. The summed E-state index contributed by atoms with van der Waals surface area (Å²) in [5, 5.41) is 0. The van der Waals surface area contributed by atoms with Crippen LogP contribution in [0.25, 0.3) is 0 Å². The maximum atomic E-state index is 5.28. The summed E-state index contributed by atoms with van der Waals surface area (Å²) in [6.07, 6.45) is 4.79. The molecule has 0 aliphatic carbocycles. The number of hydrogen-bond acceptors (Lipinski definition) is 2. The van der Waals surface area contributed by atoms with Crippen molar-refractivity contribution in [1.29, 1.82) is 0 Å². The van der Waals surface area contributed by atoms with Crippen LogP contribution in [0.1, 0.15) is 31.4 Å². The van der Waals surface area contributed by atoms with Gasteiger partial charge >= 0.3 is 118 Å². The molecule has 0 amide bonds. The van der Waals surface area contributed by atoms with Gasteiger partial charge in [0.1, 0.15) is 0 Å². The Bertz CT molecular complexity index is 55.5. The maximum Gasteiger partial charge on any atom is 1.00 e. The van der Waals surface area contributed by atoms with Gasteiger partial charge in [0, 0.05) is 0 Å². The quantitative estimate of drug-likeness (QED) is 0.351. The minimum atomic E-state index is 0. The van der Waals surface area contributed by atoms with E-state index in [2.05, 4.69) is 0 Å². The minimum absolute atomic E-state index is 0. The van der Waals surface area contributed by atoms with Gasteiger partial charge in [-0.25, -0.2) is 0 Å². The predicted octanol–water partition coefficient (Wildman–Crippen LogP) is -11.1. The van der Waals surface area contributed by atoms with Gasteiger partial charge in [0.25, 0.3) is 0 Å². The fourth-order valence-electron chi connectivity index (χ4n) is 0.642. The summed E-state index contributed by atoms with van der Waals surface area (Å²) in [6, 6.07) is 0. The van der Waals surface area contributed by atoms with Gasteiger partial charge in [0.2, 0.25) is 0 Å². The van der Waals surface area contributed by atoms with E-state index >= 15 is 0 Å². The van der Waals surface area contributed by atoms with Crippen LogP contribution in [0.4, 0.5) is 0 Å². The number of hydrogen-bond donors (Lipinski definition) is 2. The molecule has 0 aromatic carbocycles. The van der Waals surface area contributed by atoms with Crippen LogP contribution in [-0.2, 0) is 0 Å². The molecule has 0 spiro atoms. The summed E-state index contributed by atoms with van der Waals surface area (Å²) >= 11 is 0. The van der Waals surface area contributed by atoms with Gasteiger partial charge in [-0.2, -0.15) is 0 Å². The number of nitrogens with two attached hydrogens (primary N) is 2. The third-order valence-corrected chi connectivity index (χ3v) is 1.16. The standard InChI is InChI=1S/C6H16N2.4Na.4H/c7-5-3-1-2-4-6-8;;;;;;;;/h1-8H2;;;;;;;;/q;4*+1;4*-1. The van der Waals surface area contributed by atoms with Crippen molar-refractivity contribution in [3.63, 3.8) is 0 Å². The zero-order valence-electron chi connectivity index (χ0n) is 13.4. The molecule has 0 aromatic rings. The molecule has 0 aliphatic rings. The van der Waals surface area contributed by atoms with E-state index < -0.39 is 0 Å². The molecule has 4 N–H and O–H groups in total. The first-order chi connectivity index (χ1) is 3.91. The zero-order valence-corrected chi connectivity index (χ0v) is 17.4. The van der Waals surface area contributed by atoms with Crippen molar-refractivity contribution in [2.24, 2.45) is 11.5 Å². The Balaban J connectivity index is -0.00000000875. The van der Waals surface area contributed by atoms with E-state index in [4.69, 9.17) is 11.5 Å². The van der Waals surface area contributed by atoms with Crippen LogP contribution >= 0.6 is 0 Å². The molecule has 0 unspecified atom stereocenters. The second-order valence-corrected chi connectivity index (χ2v) is 1.99. The first kappa shape index (κ1) is 29.7. The van der Waals surface area contributed by atoms with Crippen molar-refractivity contribution in [2.75, 3.05) is 13.1 Å². The predicted molar refractivity (Wildman–Crippen MR) is 41.0 cm³/mol. The number of unbranched alkanes of at least 4 members (excludes halogenated alkanes) is 3. The summed E-state index contributed by atoms with van der Waals surface area (Å²) in [6.45, 7) is 1.65. The third-order valence-electron chi connectivity index (χ3n) is 1.16. The summed E-state index contributed by atoms with van der Waals surface area (Å²) in [5.74, 6) is 0. The molecule has 0 atom stereocenters. The van der Waals surface area contributed by atoms with Crippen LogP contribution < -0.4 is 130 Å². The van der Waals surface area contributed by atoms with Crippen LogP contribution in [0, 0.1) is 0 Å². The topological polar surface area (TPSA) is 52.0 Å². The van der Waals surface area contributed by atoms with E-state index in [9.17, 15) is 0 Å². The average Bonchev–Trinajstić information content (AvgIpc) is 1.81. The van der Waals surface area contributed by atoms with Crippen LogP contribution in [0.3, 0.4) is 0 Å². The van der Waals surface area contributed by atoms with Crippen molar-refractivity contribution in [2.45, 2.75) is 25.7 Å². The van der Waals surface area contributed by atoms with Crippen molar-refractivity contribution in [3.05, 3.63) is 0 Å². The first-order valence-electron chi connectivity index (χ1n) is 3.32. The molecule has 0 aliphatic heterocycles. The molecule has 0 bridgehead atoms. The Morgan fingerprint density at radius 3 is 1.00 bits per heavy atom. The van der Waals surface area contributed by atoms with Gasteiger partial charge in [-0.05, 0) is 25.9 Å². The Hall–Kier alpha value is 3.92. The molecule has 0 saturated heterocycles. The van der Waals surface area contributed by atoms with Crippen molar-refractivity contribution in [3.8, 4) is 0 Å². The molecule has 58 valence electrons. The zero-order chi connectivity index (χ0) is 6.24. The third kappa shape index (κ3) is 29.2. The van der Waals surface area contributed by atoms with E-state index in [0.29, 0.717) is 0 Å². The van der Waals surface area contributed by atoms with Gasteiger partial charge < -0.3 is 17.2 Å². The van der Waals surface area contributed by atoms with Crippen LogP contribution in [0.15, 0.2) is 0 Å². The van der Waals surface area contributed by atoms with Gasteiger partial charge in [0.05, 0.1) is 0 Å². The monoisotopic (exact) mass is 212 g/mol. The molecule has 2 nitrogen and oxygen atoms in total. The molecule has 0 rings (SSSR count). The molecule has 6 heteroatoms. The normalized spacial score (nSPS) is 6.50. The van der Waals surface area contributed by atoms with Crippen molar-refractivity contribution >= 4 is 0 Å². The van der Waals surface area contributed by atoms with Crippen molar-refractivity contribution < 1.29 is 124 Å². The molecular weight excluding hydrogens is 192 g/mol. The van der Waals surface area contributed by atoms with Gasteiger partial charge in [-0.3, -0.25) is 0 Å². The summed E-state index contributed by atoms with van der Waals surface area (Å²) in [5.41, 5.74) is 10.6. The Kier molecular flexibility index (Phi) is 72.8. The van der Waals surface area contributed by atoms with Gasteiger partial charge in [-0.15, -0.1) is 0 Å². The molecule has 0 heterocycles. The van der Waals surface area contributed by atoms with Crippen LogP contribution in [-0.4, -0.2) is 13.1 Å². The second-order valence-electron chi connectivity index (χ2n) is 1.99. The second kappa shape index (κ2) is 29.4. The molecule has 0 saturated carbocycles. The van der Waals surface area contributed by atoms with E-state index in [1.165, 1.54) is 12.8 Å². The molecule has 12 heavy (non-hydrogen) atoms. The van der Waals surface area contributed by atoms with Crippen LogP contribution in [0.5, 0.6) is 0 Å². The van der Waals surface area contributed by atoms with E-state index in [0.717, 1.165) is 25.9 Å². The average molecular weight is 212 g/mol. The van der Waals surface area contributed by atoms with Gasteiger partial charge in [-0.1, -0.05) is 12.8 Å². The van der Waals surface area contributed by atoms with Crippen molar-refractivity contribution in [1.82, 2.24) is 0 Å². The summed E-state index contributed by atoms with van der Waals surface area (Å²) < 4.78 is 0. The maximum absolute atomic E-state index is 5.28. The Morgan fingerprint density at radius 1 is 0.583 bits per heavy atom.